The van der Waals surface area contributed by atoms with Gasteiger partial charge in [0.25, 0.3) is 0 Å². The molecule has 0 amide bonds. The molecule has 1 aromatic heterocycles. The van der Waals surface area contributed by atoms with E-state index >= 15 is 0 Å². The van der Waals surface area contributed by atoms with Gasteiger partial charge >= 0.3 is 0 Å². The van der Waals surface area contributed by atoms with Crippen molar-refractivity contribution < 1.29 is 0 Å². The summed E-state index contributed by atoms with van der Waals surface area (Å²) in [4.78, 5) is 5.87. The minimum Gasteiger partial charge on any atom is -0.361 e. The minimum atomic E-state index is 0.591. The molecular weight excluding hydrogens is 232 g/mol. The molecular formula is C17H26N2. The van der Waals surface area contributed by atoms with E-state index in [0.29, 0.717) is 6.04 Å². The molecule has 0 spiro atoms. The van der Waals surface area contributed by atoms with E-state index in [-0.39, 0.29) is 0 Å². The average molecular weight is 258 g/mol. The Labute approximate surface area is 116 Å². The average Bonchev–Trinajstić information content (AvgIpc) is 2.82. The molecule has 2 nitrogen and oxygen atoms in total. The first-order chi connectivity index (χ1) is 9.08. The molecule has 19 heavy (non-hydrogen) atoms. The Morgan fingerprint density at radius 1 is 1.11 bits per heavy atom. The third-order valence-electron chi connectivity index (χ3n) is 3.78. The van der Waals surface area contributed by atoms with Gasteiger partial charge in [0.2, 0.25) is 0 Å². The second-order valence-corrected chi connectivity index (χ2v) is 6.10. The Hall–Kier alpha value is -1.28. The molecule has 0 aliphatic rings. The van der Waals surface area contributed by atoms with Gasteiger partial charge in [-0.05, 0) is 50.4 Å². The molecule has 2 aromatic rings. The van der Waals surface area contributed by atoms with Crippen LogP contribution in [-0.2, 0) is 6.54 Å². The second kappa shape index (κ2) is 6.25. The Balaban J connectivity index is 2.14. The van der Waals surface area contributed by atoms with Crippen LogP contribution in [0.2, 0.25) is 0 Å². The maximum Gasteiger partial charge on any atom is 0.0457 e. The Morgan fingerprint density at radius 3 is 2.58 bits per heavy atom. The molecule has 0 fully saturated rings. The first kappa shape index (κ1) is 14.1. The number of hydrogen-bond donors (Lipinski definition) is 1. The molecule has 0 saturated heterocycles. The summed E-state index contributed by atoms with van der Waals surface area (Å²) in [6.07, 6.45) is 3.29. The normalized spacial score (nSPS) is 12.2. The zero-order chi connectivity index (χ0) is 13.8. The van der Waals surface area contributed by atoms with Crippen LogP contribution in [0.25, 0.3) is 10.9 Å². The number of nitrogens with one attached hydrogen (secondary N) is 1. The van der Waals surface area contributed by atoms with Crippen LogP contribution in [0, 0.1) is 5.92 Å². The number of nitrogens with zero attached hydrogens (tertiary/aromatic N) is 1. The van der Waals surface area contributed by atoms with Crippen molar-refractivity contribution in [1.82, 2.24) is 9.88 Å². The molecule has 0 unspecified atom stereocenters. The summed E-state index contributed by atoms with van der Waals surface area (Å²) in [6.45, 7) is 11.4. The Morgan fingerprint density at radius 2 is 1.89 bits per heavy atom. The molecule has 0 radical (unpaired) electrons. The van der Waals surface area contributed by atoms with E-state index in [2.05, 4.69) is 61.8 Å². The topological polar surface area (TPSA) is 19.0 Å². The summed E-state index contributed by atoms with van der Waals surface area (Å²) in [6, 6.07) is 9.32. The highest BCUT2D eigenvalue weighted by molar-refractivity contribution is 5.82. The zero-order valence-electron chi connectivity index (χ0n) is 12.6. The van der Waals surface area contributed by atoms with Crippen molar-refractivity contribution in [2.24, 2.45) is 5.92 Å². The zero-order valence-corrected chi connectivity index (χ0v) is 12.6. The van der Waals surface area contributed by atoms with Crippen LogP contribution in [0.4, 0.5) is 0 Å². The predicted octanol–water partition coefficient (Wildman–Crippen LogP) is 4.42. The van der Waals surface area contributed by atoms with Crippen LogP contribution in [0.1, 0.15) is 39.7 Å². The summed E-state index contributed by atoms with van der Waals surface area (Å²) in [5.74, 6) is 0.768. The van der Waals surface area contributed by atoms with E-state index in [4.69, 9.17) is 0 Å². The fraction of sp³-hybridized carbons (Fsp3) is 0.529. The largest absolute Gasteiger partial charge is 0.361 e. The predicted molar refractivity (Wildman–Crippen MR) is 83.3 cm³/mol. The van der Waals surface area contributed by atoms with Crippen molar-refractivity contribution in [3.05, 3.63) is 36.0 Å². The number of H-pyrrole nitrogens is 1. The van der Waals surface area contributed by atoms with E-state index in [0.717, 1.165) is 12.5 Å². The number of hydrogen-bond acceptors (Lipinski definition) is 1. The van der Waals surface area contributed by atoms with Crippen LogP contribution in [-0.4, -0.2) is 22.5 Å². The summed E-state index contributed by atoms with van der Waals surface area (Å²) in [5, 5.41) is 1.36. The number of fused-ring (bicyclic) bond motifs is 1. The third-order valence-corrected chi connectivity index (χ3v) is 3.78. The lowest BCUT2D eigenvalue weighted by Gasteiger charge is -2.27. The first-order valence-corrected chi connectivity index (χ1v) is 7.37. The van der Waals surface area contributed by atoms with Crippen LogP contribution in [0.5, 0.6) is 0 Å². The van der Waals surface area contributed by atoms with Gasteiger partial charge in [-0.25, -0.2) is 0 Å². The lowest BCUT2D eigenvalue weighted by atomic mass is 10.1. The van der Waals surface area contributed by atoms with E-state index in [9.17, 15) is 0 Å². The van der Waals surface area contributed by atoms with Crippen molar-refractivity contribution in [2.45, 2.75) is 46.7 Å². The summed E-state index contributed by atoms with van der Waals surface area (Å²) in [7, 11) is 0. The minimum absolute atomic E-state index is 0.591. The monoisotopic (exact) mass is 258 g/mol. The molecule has 2 heteroatoms. The van der Waals surface area contributed by atoms with Crippen LogP contribution in [0.15, 0.2) is 30.5 Å². The molecule has 0 saturated carbocycles. The molecule has 1 N–H and O–H groups in total. The maximum absolute atomic E-state index is 3.29. The summed E-state index contributed by atoms with van der Waals surface area (Å²) in [5.41, 5.74) is 2.67. The van der Waals surface area contributed by atoms with Gasteiger partial charge in [0.1, 0.15) is 0 Å². The molecule has 0 aliphatic carbocycles. The van der Waals surface area contributed by atoms with E-state index in [1.54, 1.807) is 0 Å². The third kappa shape index (κ3) is 3.60. The molecule has 104 valence electrons. The Kier molecular flexibility index (Phi) is 4.65. The number of aromatic nitrogens is 1. The molecule has 0 atom stereocenters. The smallest absolute Gasteiger partial charge is 0.0457 e. The highest BCUT2D eigenvalue weighted by Gasteiger charge is 2.12. The van der Waals surface area contributed by atoms with Crippen molar-refractivity contribution in [3.63, 3.8) is 0 Å². The van der Waals surface area contributed by atoms with Crippen molar-refractivity contribution in [1.29, 1.82) is 0 Å². The molecule has 2 rings (SSSR count). The highest BCUT2D eigenvalue weighted by atomic mass is 15.1. The molecule has 1 aromatic carbocycles. The van der Waals surface area contributed by atoms with Gasteiger partial charge in [-0.3, -0.25) is 4.90 Å². The maximum atomic E-state index is 3.29. The summed E-state index contributed by atoms with van der Waals surface area (Å²) < 4.78 is 0. The van der Waals surface area contributed by atoms with Crippen LogP contribution >= 0.6 is 0 Å². The first-order valence-electron chi connectivity index (χ1n) is 7.37. The SMILES string of the molecule is CC(C)CCN(Cc1cccc2[nH]ccc12)C(C)C. The summed E-state index contributed by atoms with van der Waals surface area (Å²) >= 11 is 0. The molecule has 0 aliphatic heterocycles. The Bertz CT molecular complexity index is 511. The van der Waals surface area contributed by atoms with Crippen molar-refractivity contribution in [2.75, 3.05) is 6.54 Å². The van der Waals surface area contributed by atoms with Crippen LogP contribution < -0.4 is 0 Å². The fourth-order valence-corrected chi connectivity index (χ4v) is 2.45. The van der Waals surface area contributed by atoms with Gasteiger partial charge in [-0.2, -0.15) is 0 Å². The van der Waals surface area contributed by atoms with Gasteiger partial charge in [0.05, 0.1) is 0 Å². The van der Waals surface area contributed by atoms with Gasteiger partial charge in [0.15, 0.2) is 0 Å². The lowest BCUT2D eigenvalue weighted by Crippen LogP contribution is -2.32. The van der Waals surface area contributed by atoms with Crippen LogP contribution in [0.3, 0.4) is 0 Å². The van der Waals surface area contributed by atoms with E-state index in [1.165, 1.54) is 29.4 Å². The van der Waals surface area contributed by atoms with E-state index < -0.39 is 0 Å². The van der Waals surface area contributed by atoms with Gasteiger partial charge < -0.3 is 4.98 Å². The molecule has 1 heterocycles. The standard InChI is InChI=1S/C17H26N2/c1-13(2)9-11-19(14(3)4)12-15-6-5-7-17-16(15)8-10-18-17/h5-8,10,13-14,18H,9,11-12H2,1-4H3. The number of rotatable bonds is 6. The lowest BCUT2D eigenvalue weighted by molar-refractivity contribution is 0.202. The number of aromatic amines is 1. The number of benzene rings is 1. The fourth-order valence-electron chi connectivity index (χ4n) is 2.45. The van der Waals surface area contributed by atoms with E-state index in [1.807, 2.05) is 6.20 Å². The van der Waals surface area contributed by atoms with Gasteiger partial charge in [0, 0.05) is 29.7 Å². The van der Waals surface area contributed by atoms with Gasteiger partial charge in [-0.1, -0.05) is 26.0 Å². The second-order valence-electron chi connectivity index (χ2n) is 6.10. The quantitative estimate of drug-likeness (QED) is 0.812. The van der Waals surface area contributed by atoms with Crippen molar-refractivity contribution in [3.8, 4) is 0 Å². The van der Waals surface area contributed by atoms with Gasteiger partial charge in [-0.15, -0.1) is 0 Å². The van der Waals surface area contributed by atoms with Crippen molar-refractivity contribution >= 4 is 10.9 Å². The highest BCUT2D eigenvalue weighted by Crippen LogP contribution is 2.20. The molecule has 0 bridgehead atoms.